The fourth-order valence-corrected chi connectivity index (χ4v) is 11.0. The molecule has 2 aliphatic rings. The highest BCUT2D eigenvalue weighted by Gasteiger charge is 2.41. The summed E-state index contributed by atoms with van der Waals surface area (Å²) in [4.78, 5) is 143. The first-order valence-corrected chi connectivity index (χ1v) is 27.7. The van der Waals surface area contributed by atoms with Crippen LogP contribution in [0.25, 0.3) is 0 Å². The third-order valence-electron chi connectivity index (χ3n) is 12.6. The van der Waals surface area contributed by atoms with Crippen LogP contribution in [0.1, 0.15) is 75.0 Å². The second kappa shape index (κ2) is 30.2. The van der Waals surface area contributed by atoms with Gasteiger partial charge in [0.15, 0.2) is 5.96 Å². The lowest BCUT2D eigenvalue weighted by atomic mass is 9.84. The number of carbonyl (C=O) groups excluding carboxylic acids is 10. The van der Waals surface area contributed by atoms with Crippen molar-refractivity contribution in [3.63, 3.8) is 0 Å². The van der Waals surface area contributed by atoms with Gasteiger partial charge >= 0.3 is 0 Å². The largest absolute Gasteiger partial charge is 0.370 e. The number of nitrogens with two attached hydrogens (primary N) is 4. The highest BCUT2D eigenvalue weighted by Crippen LogP contribution is 2.30. The number of nitrogens with zero attached hydrogens (tertiary/aromatic N) is 2. The zero-order valence-corrected chi connectivity index (χ0v) is 44.6. The fraction of sp³-hybridized carbons (Fsp3) is 0.442. The van der Waals surface area contributed by atoms with Crippen LogP contribution in [0.2, 0.25) is 0 Å². The molecule has 2 saturated heterocycles. The predicted octanol–water partition coefficient (Wildman–Crippen LogP) is -1.07. The first-order chi connectivity index (χ1) is 36.8. The molecule has 15 N–H and O–H groups in total. The second-order valence-corrected chi connectivity index (χ2v) is 21.5. The summed E-state index contributed by atoms with van der Waals surface area (Å²) in [7, 11) is 2.30. The smallest absolute Gasteiger partial charge is 0.246 e. The maximum absolute atomic E-state index is 14.9. The molecule has 0 aliphatic carbocycles. The molecular formula is C52H69N13O10S2. The summed E-state index contributed by atoms with van der Waals surface area (Å²) < 4.78 is 0. The second-order valence-electron chi connectivity index (χ2n) is 18.9. The summed E-state index contributed by atoms with van der Waals surface area (Å²) in [5.41, 5.74) is 23.8. The number of rotatable bonds is 18. The molecule has 0 radical (unpaired) electrons. The summed E-state index contributed by atoms with van der Waals surface area (Å²) in [6.45, 7) is 2.96. The van der Waals surface area contributed by atoms with Crippen molar-refractivity contribution in [2.24, 2.45) is 33.8 Å². The maximum Gasteiger partial charge on any atom is 0.246 e. The molecule has 77 heavy (non-hydrogen) atoms. The van der Waals surface area contributed by atoms with Gasteiger partial charge in [0.25, 0.3) is 0 Å². The van der Waals surface area contributed by atoms with Gasteiger partial charge in [-0.05, 0) is 48.3 Å². The molecule has 3 aromatic carbocycles. The Morgan fingerprint density at radius 1 is 0.714 bits per heavy atom. The minimum atomic E-state index is -1.66. The van der Waals surface area contributed by atoms with Gasteiger partial charge in [-0.25, -0.2) is 0 Å². The van der Waals surface area contributed by atoms with Gasteiger partial charge in [-0.15, -0.1) is 0 Å². The Morgan fingerprint density at radius 3 is 1.91 bits per heavy atom. The predicted molar refractivity (Wildman–Crippen MR) is 291 cm³/mol. The van der Waals surface area contributed by atoms with Gasteiger partial charge in [0, 0.05) is 43.4 Å². The van der Waals surface area contributed by atoms with Crippen LogP contribution in [-0.4, -0.2) is 143 Å². The zero-order valence-electron chi connectivity index (χ0n) is 42.9. The van der Waals surface area contributed by atoms with E-state index >= 15 is 0 Å². The summed E-state index contributed by atoms with van der Waals surface area (Å²) >= 11 is 0. The van der Waals surface area contributed by atoms with E-state index in [0.29, 0.717) is 23.1 Å². The van der Waals surface area contributed by atoms with Gasteiger partial charge in [0.1, 0.15) is 42.3 Å². The lowest BCUT2D eigenvalue weighted by molar-refractivity contribution is -0.142. The standard InChI is InChI=1S/C52H69N13O10S2/c1-30(2)43-49(73)61-36(27-39(53)66)46(70)62-37(51(75)65-24-13-21-38(65)48(72)59-34(20-12-23-57-52(55)56)45(69)58-28-40(54)67)29-77-76-25-22-41(68)63-44(42(32-16-8-4-9-17-32)33-18-10-5-11-19-33)50(74)60-35(47(71)64-43)26-31-14-6-3-7-15-31/h3-11,14-19,30,34-38,42-44H,12-13,20-29H2,1-2H3,(H2,53,66)(H2,54,67)(H,58,69)(H,59,72)(H,60,74)(H,61,73)(H,62,70)(H,63,68)(H,64,71)(H4,55,56,57)/t34-,35+,36+,37+,38+,43+,44+/m1/s1. The number of primary amides is 2. The molecule has 3 aromatic rings. The lowest BCUT2D eigenvalue weighted by Gasteiger charge is -2.32. The minimum absolute atomic E-state index is 0.0318. The number of nitrogens with one attached hydrogen (secondary N) is 7. The Labute approximate surface area is 454 Å². The number of benzene rings is 3. The van der Waals surface area contributed by atoms with Gasteiger partial charge in [-0.3, -0.25) is 52.9 Å². The molecule has 2 fully saturated rings. The van der Waals surface area contributed by atoms with E-state index in [1.54, 1.807) is 44.2 Å². The number of amides is 10. The van der Waals surface area contributed by atoms with E-state index in [-0.39, 0.29) is 62.7 Å². The van der Waals surface area contributed by atoms with Crippen LogP contribution in [-0.2, 0) is 54.4 Å². The highest BCUT2D eigenvalue weighted by atomic mass is 33.1. The van der Waals surface area contributed by atoms with Crippen LogP contribution >= 0.6 is 21.6 Å². The van der Waals surface area contributed by atoms with Crippen molar-refractivity contribution in [3.05, 3.63) is 108 Å². The molecule has 25 heteroatoms. The van der Waals surface area contributed by atoms with Crippen LogP contribution in [0.15, 0.2) is 96.0 Å². The number of carbonyl (C=O) groups is 10. The molecule has 23 nitrogen and oxygen atoms in total. The number of aliphatic imine (C=N–C) groups is 1. The van der Waals surface area contributed by atoms with Crippen LogP contribution < -0.4 is 60.2 Å². The average Bonchev–Trinajstić information content (AvgIpc) is 3.90. The molecule has 0 spiro atoms. The molecule has 7 atom stereocenters. The minimum Gasteiger partial charge on any atom is -0.370 e. The van der Waals surface area contributed by atoms with E-state index in [1.165, 1.54) is 15.7 Å². The Hall–Kier alpha value is -7.67. The molecule has 10 amide bonds. The van der Waals surface area contributed by atoms with E-state index in [2.05, 4.69) is 42.2 Å². The average molecular weight is 1100 g/mol. The van der Waals surface area contributed by atoms with Gasteiger partial charge in [0.2, 0.25) is 59.1 Å². The Balaban J connectivity index is 1.49. The Morgan fingerprint density at radius 2 is 1.31 bits per heavy atom. The molecule has 414 valence electrons. The first-order valence-electron chi connectivity index (χ1n) is 25.2. The molecule has 0 aromatic heterocycles. The molecule has 0 saturated carbocycles. The first kappa shape index (κ1) is 60.2. The van der Waals surface area contributed by atoms with Gasteiger partial charge in [-0.2, -0.15) is 0 Å². The van der Waals surface area contributed by atoms with Crippen LogP contribution in [0.3, 0.4) is 0 Å². The van der Waals surface area contributed by atoms with Crippen LogP contribution in [0, 0.1) is 5.92 Å². The number of guanidine groups is 1. The van der Waals surface area contributed by atoms with E-state index in [1.807, 2.05) is 60.7 Å². The summed E-state index contributed by atoms with van der Waals surface area (Å²) in [5, 5.41) is 18.8. The maximum atomic E-state index is 14.9. The highest BCUT2D eigenvalue weighted by molar-refractivity contribution is 8.76. The van der Waals surface area contributed by atoms with Crippen molar-refractivity contribution >= 4 is 86.6 Å². The number of likely N-dealkylation sites (tertiary alicyclic amines) is 1. The summed E-state index contributed by atoms with van der Waals surface area (Å²) in [6, 6.07) is 17.8. The van der Waals surface area contributed by atoms with Crippen molar-refractivity contribution in [1.29, 1.82) is 0 Å². The SMILES string of the molecule is CC(C)[C@@H]1NC(=O)[C@H](Cc2ccccc2)NC(=O)[C@H](C(c2ccccc2)c2ccccc2)NC(=O)CCSSC[C@@H](C(=O)N2CCC[C@H]2C(=O)N[C@H](CCCN=C(N)N)C(=O)NCC(N)=O)NC(=O)[C@H](CC(N)=O)NC1=O. The van der Waals surface area contributed by atoms with Crippen molar-refractivity contribution in [3.8, 4) is 0 Å². The van der Waals surface area contributed by atoms with Crippen molar-refractivity contribution in [2.45, 2.75) is 107 Å². The van der Waals surface area contributed by atoms with Crippen molar-refractivity contribution in [2.75, 3.05) is 31.1 Å². The van der Waals surface area contributed by atoms with E-state index in [4.69, 9.17) is 22.9 Å². The van der Waals surface area contributed by atoms with E-state index < -0.39 is 126 Å². The Kier molecular flexibility index (Phi) is 23.6. The third-order valence-corrected chi connectivity index (χ3v) is 15.1. The quantitative estimate of drug-likeness (QED) is 0.0313. The van der Waals surface area contributed by atoms with Crippen molar-refractivity contribution < 1.29 is 47.9 Å². The van der Waals surface area contributed by atoms with Crippen LogP contribution in [0.5, 0.6) is 0 Å². The zero-order chi connectivity index (χ0) is 56.0. The molecular weight excluding hydrogens is 1030 g/mol. The molecule has 5 rings (SSSR count). The van der Waals surface area contributed by atoms with Gasteiger partial charge in [0.05, 0.1) is 13.0 Å². The summed E-state index contributed by atoms with van der Waals surface area (Å²) in [5.74, 6) is -9.34. The van der Waals surface area contributed by atoms with Gasteiger partial charge in [-0.1, -0.05) is 126 Å². The Bertz CT molecular complexity index is 2540. The molecule has 2 aliphatic heterocycles. The van der Waals surface area contributed by atoms with Crippen molar-refractivity contribution in [1.82, 2.24) is 42.1 Å². The monoisotopic (exact) mass is 1100 g/mol. The summed E-state index contributed by atoms with van der Waals surface area (Å²) in [6.07, 6.45) is -0.0660. The molecule has 0 bridgehead atoms. The normalized spacial score (nSPS) is 21.5. The molecule has 0 unspecified atom stereocenters. The molecule has 2 heterocycles. The number of hydrogen-bond acceptors (Lipinski definition) is 13. The third kappa shape index (κ3) is 18.8. The fourth-order valence-electron chi connectivity index (χ4n) is 8.82. The number of hydrogen-bond donors (Lipinski definition) is 11. The van der Waals surface area contributed by atoms with E-state index in [9.17, 15) is 47.9 Å². The van der Waals surface area contributed by atoms with Gasteiger partial charge < -0.3 is 65.1 Å². The lowest BCUT2D eigenvalue weighted by Crippen LogP contribution is -2.62. The topological polar surface area (TPSA) is 375 Å². The van der Waals surface area contributed by atoms with E-state index in [0.717, 1.165) is 10.8 Å². The van der Waals surface area contributed by atoms with Crippen LogP contribution in [0.4, 0.5) is 0 Å².